The van der Waals surface area contributed by atoms with Crippen LogP contribution in [0.4, 0.5) is 0 Å². The average molecular weight is 845 g/mol. The summed E-state index contributed by atoms with van der Waals surface area (Å²) in [4.78, 5) is 70.5. The Morgan fingerprint density at radius 1 is 0.483 bits per heavy atom. The van der Waals surface area contributed by atoms with Crippen molar-refractivity contribution in [2.75, 3.05) is 39.3 Å². The van der Waals surface area contributed by atoms with Gasteiger partial charge < -0.3 is 81.6 Å². The second-order valence-electron chi connectivity index (χ2n) is 12.4. The highest BCUT2D eigenvalue weighted by Gasteiger charge is 2.10. The fraction of sp³-hybridized carbons (Fsp3) is 0.750. The minimum Gasteiger partial charge on any atom is -0.481 e. The molecule has 0 saturated heterocycles. The maximum absolute atomic E-state index is 10.6. The molecule has 0 aromatic heterocycles. The number of rotatable bonds is 29. The molecule has 3 atom stereocenters. The van der Waals surface area contributed by atoms with E-state index in [1.165, 1.54) is 0 Å². The first kappa shape index (κ1) is 65.7. The van der Waals surface area contributed by atoms with E-state index in [9.17, 15) is 33.6 Å². The van der Waals surface area contributed by atoms with Crippen molar-refractivity contribution in [3.63, 3.8) is 0 Å². The average Bonchev–Trinajstić information content (AvgIpc) is 3.13. The quantitative estimate of drug-likeness (QED) is 0.0252. The molecule has 22 nitrogen and oxygen atoms in total. The second-order valence-corrected chi connectivity index (χ2v) is 12.4. The van der Waals surface area contributed by atoms with Gasteiger partial charge in [-0.2, -0.15) is 0 Å². The summed E-state index contributed by atoms with van der Waals surface area (Å²) < 4.78 is 0. The van der Waals surface area contributed by atoms with Crippen LogP contribution in [0.15, 0.2) is 12.2 Å². The van der Waals surface area contributed by atoms with E-state index in [2.05, 4.69) is 0 Å². The number of carbonyl (C=O) groups excluding carboxylic acids is 1. The molecular weight excluding hydrogens is 768 g/mol. The molecule has 0 bridgehead atoms. The first-order valence-corrected chi connectivity index (χ1v) is 19.1. The van der Waals surface area contributed by atoms with Crippen LogP contribution in [0, 0.1) is 0 Å². The van der Waals surface area contributed by atoms with E-state index in [1.54, 1.807) is 6.08 Å². The normalized spacial score (nSPS) is 11.4. The van der Waals surface area contributed by atoms with Gasteiger partial charge in [-0.15, -0.1) is 0 Å². The lowest BCUT2D eigenvalue weighted by Crippen LogP contribution is -2.29. The molecule has 3 unspecified atom stereocenters. The van der Waals surface area contributed by atoms with Crippen LogP contribution in [0.25, 0.3) is 0 Å². The topological polar surface area (TPSA) is 469 Å². The lowest BCUT2D eigenvalue weighted by molar-refractivity contribution is -0.141. The molecule has 0 fully saturated rings. The molecule has 344 valence electrons. The van der Waals surface area contributed by atoms with Crippen LogP contribution >= 0.6 is 0 Å². The number of allylic oxidation sites excluding steroid dienone is 1. The van der Waals surface area contributed by atoms with Crippen LogP contribution in [0.5, 0.6) is 0 Å². The largest absolute Gasteiger partial charge is 0.481 e. The molecule has 0 heterocycles. The van der Waals surface area contributed by atoms with Crippen LogP contribution in [0.3, 0.4) is 0 Å². The van der Waals surface area contributed by atoms with Crippen molar-refractivity contribution in [2.45, 2.75) is 134 Å². The maximum atomic E-state index is 10.6. The van der Waals surface area contributed by atoms with Gasteiger partial charge in [-0.05, 0) is 110 Å². The van der Waals surface area contributed by atoms with E-state index in [4.69, 9.17) is 81.6 Å². The molecule has 0 aromatic rings. The number of carboxylic acids is 6. The molecule has 0 aromatic carbocycles. The molecule has 0 radical (unpaired) electrons. The first-order valence-electron chi connectivity index (χ1n) is 19.1. The molecule has 23 N–H and O–H groups in total. The molecule has 0 spiro atoms. The molecule has 0 aliphatic rings. The summed E-state index contributed by atoms with van der Waals surface area (Å²) in [5.74, 6) is -5.68. The van der Waals surface area contributed by atoms with Crippen LogP contribution in [0.1, 0.15) is 116 Å². The highest BCUT2D eigenvalue weighted by Crippen LogP contribution is 2.00. The van der Waals surface area contributed by atoms with E-state index in [0.717, 1.165) is 57.4 Å². The van der Waals surface area contributed by atoms with Crippen LogP contribution < -0.4 is 45.9 Å². The second kappa shape index (κ2) is 52.9. The van der Waals surface area contributed by atoms with Crippen LogP contribution in [0.2, 0.25) is 0 Å². The highest BCUT2D eigenvalue weighted by molar-refractivity contribution is 5.94. The highest BCUT2D eigenvalue weighted by atomic mass is 16.4. The van der Waals surface area contributed by atoms with Gasteiger partial charge in [0.25, 0.3) is 0 Å². The molecule has 0 amide bonds. The van der Waals surface area contributed by atoms with Gasteiger partial charge in [0.15, 0.2) is 0 Å². The number of aliphatic carboxylic acids is 6. The van der Waals surface area contributed by atoms with Crippen molar-refractivity contribution in [3.05, 3.63) is 12.2 Å². The van der Waals surface area contributed by atoms with Crippen molar-refractivity contribution in [1.82, 2.24) is 0 Å². The zero-order chi connectivity index (χ0) is 46.2. The molecule has 58 heavy (non-hydrogen) atoms. The molecule has 0 saturated carbocycles. The monoisotopic (exact) mass is 845 g/mol. The number of hydrogen-bond acceptors (Lipinski definition) is 16. The lowest BCUT2D eigenvalue weighted by atomic mass is 10.1. The number of ketones is 1. The Morgan fingerprint density at radius 3 is 1.38 bits per heavy atom. The third-order valence-electron chi connectivity index (χ3n) is 6.59. The fourth-order valence-corrected chi connectivity index (χ4v) is 3.57. The van der Waals surface area contributed by atoms with E-state index in [0.29, 0.717) is 71.4 Å². The zero-order valence-electron chi connectivity index (χ0n) is 34.0. The minimum atomic E-state index is -1.07. The number of hydrogen-bond donors (Lipinski definition) is 15. The van der Waals surface area contributed by atoms with Crippen molar-refractivity contribution >= 4 is 41.6 Å². The van der Waals surface area contributed by atoms with Crippen molar-refractivity contribution in [3.8, 4) is 0 Å². The number of nitrogens with two attached hydrogens (primary N) is 8. The van der Waals surface area contributed by atoms with Gasteiger partial charge in [0.2, 0.25) is 0 Å². The first-order chi connectivity index (χ1) is 27.2. The van der Waals surface area contributed by atoms with Gasteiger partial charge in [0.05, 0.1) is 18.9 Å². The number of aliphatic hydroxyl groups excluding tert-OH is 1. The van der Waals surface area contributed by atoms with Crippen LogP contribution in [-0.2, 0) is 33.6 Å². The molecule has 0 aliphatic carbocycles. The Balaban J connectivity index is -0.000000140. The molecular formula is C36H76N8O14. The van der Waals surface area contributed by atoms with Gasteiger partial charge in [-0.1, -0.05) is 18.9 Å². The Kier molecular flexibility index (Phi) is 59.9. The van der Waals surface area contributed by atoms with E-state index < -0.39 is 48.0 Å². The summed E-state index contributed by atoms with van der Waals surface area (Å²) in [6.45, 7) is 3.39. The van der Waals surface area contributed by atoms with E-state index >= 15 is 0 Å². The van der Waals surface area contributed by atoms with Crippen LogP contribution in [-0.4, -0.2) is 135 Å². The van der Waals surface area contributed by atoms with Gasteiger partial charge >= 0.3 is 35.8 Å². The van der Waals surface area contributed by atoms with Gasteiger partial charge in [0.1, 0.15) is 18.2 Å². The van der Waals surface area contributed by atoms with Gasteiger partial charge in [-0.3, -0.25) is 28.8 Å². The smallest absolute Gasteiger partial charge is 0.327 e. The maximum Gasteiger partial charge on any atom is 0.327 e. The van der Waals surface area contributed by atoms with Crippen molar-refractivity contribution < 1.29 is 69.3 Å². The Bertz CT molecular complexity index is 1030. The number of Topliss-reactive ketones (excluding diaryl/α,β-unsaturated/α-hetero) is 1. The Hall–Kier alpha value is -4.13. The predicted molar refractivity (Wildman–Crippen MR) is 219 cm³/mol. The van der Waals surface area contributed by atoms with Gasteiger partial charge in [-0.25, -0.2) is 4.79 Å². The number of carbonyl (C=O) groups is 7. The summed E-state index contributed by atoms with van der Waals surface area (Å²) in [5.41, 5.74) is 41.7. The Morgan fingerprint density at radius 2 is 0.966 bits per heavy atom. The summed E-state index contributed by atoms with van der Waals surface area (Å²) in [5, 5.41) is 58.1. The molecule has 22 heteroatoms. The fourth-order valence-electron chi connectivity index (χ4n) is 3.57. The lowest BCUT2D eigenvalue weighted by Gasteiger charge is -2.05. The summed E-state index contributed by atoms with van der Waals surface area (Å²) in [6.07, 6.45) is 11.7. The number of carboxylic acid groups (broad SMARTS) is 6. The number of aliphatic hydroxyl groups is 1. The minimum absolute atomic E-state index is 0.0417. The Labute approximate surface area is 341 Å². The van der Waals surface area contributed by atoms with Crippen molar-refractivity contribution in [1.29, 1.82) is 0 Å². The standard InChI is InChI=1S/2C6H14N2O2.C6H13NO3.C6H11NO3.C6H13NO2.C6H11NO2/c7-3-1-2-5(8)4-6(9)10;7-4-2-1-3-5(8)6(9)10;2*7-3-1-2-5(8)4-6(9)10;2*7-5-3-1-2-4-6(8)9/h2*5H,1-4,7-8H2,(H,9,10);5,8H,1-4,7H2,(H,9,10);1-4,7H2,(H,9,10);1-5,7H2,(H,8,9);2,4H,1,3,5,7H2,(H,8,9). The third-order valence-corrected chi connectivity index (χ3v) is 6.59. The third kappa shape index (κ3) is 80.4. The summed E-state index contributed by atoms with van der Waals surface area (Å²) >= 11 is 0. The van der Waals surface area contributed by atoms with E-state index in [1.807, 2.05) is 0 Å². The van der Waals surface area contributed by atoms with Gasteiger partial charge in [0, 0.05) is 25.0 Å². The summed E-state index contributed by atoms with van der Waals surface area (Å²) in [6, 6.07) is -0.951. The predicted octanol–water partition coefficient (Wildman–Crippen LogP) is -0.659. The SMILES string of the molecule is NCCCC(=O)CC(=O)O.NCCCC(N)CC(=O)O.NCCCC(O)CC(=O)O.NCCCC=CC(=O)O.NCCCCC(N)C(=O)O.NCCCCCC(=O)O. The number of unbranched alkanes of at least 4 members (excludes halogenated alkanes) is 4. The van der Waals surface area contributed by atoms with E-state index in [-0.39, 0.29) is 43.9 Å². The molecule has 0 aliphatic heterocycles. The van der Waals surface area contributed by atoms with Crippen molar-refractivity contribution in [2.24, 2.45) is 45.9 Å². The molecule has 0 rings (SSSR count). The zero-order valence-corrected chi connectivity index (χ0v) is 34.0. The summed E-state index contributed by atoms with van der Waals surface area (Å²) in [7, 11) is 0.